The van der Waals surface area contributed by atoms with Crippen LogP contribution in [0.1, 0.15) is 14.8 Å². The molecule has 0 heterocycles. The predicted octanol–water partition coefficient (Wildman–Crippen LogP) is -2.74. The average molecular weight is 140 g/mol. The van der Waals surface area contributed by atoms with Crippen LogP contribution >= 0.6 is 0 Å². The molecule has 9 heavy (non-hydrogen) atoms. The monoisotopic (exact) mass is 140 g/mol. The number of esters is 1. The van der Waals surface area contributed by atoms with Gasteiger partial charge in [0.05, 0.1) is 6.61 Å². The molecule has 0 aromatic rings. The van der Waals surface area contributed by atoms with Crippen LogP contribution in [0.2, 0.25) is 0 Å². The van der Waals surface area contributed by atoms with E-state index in [2.05, 4.69) is 4.74 Å². The molecule has 0 amide bonds. The Morgan fingerprint density at radius 2 is 2.33 bits per heavy atom. The number of rotatable bonds is 3. The van der Waals surface area contributed by atoms with Crippen LogP contribution in [0.25, 0.3) is 0 Å². The summed E-state index contributed by atoms with van der Waals surface area (Å²) in [4.78, 5) is 19.6. The van der Waals surface area contributed by atoms with Gasteiger partial charge in [-0.25, -0.2) is 0 Å². The quantitative estimate of drug-likeness (QED) is 0.185. The number of hydrogen-bond donors (Lipinski definition) is 0. The fourth-order valence-corrected chi connectivity index (χ4v) is 0.251. The van der Waals surface area contributed by atoms with Gasteiger partial charge in [0.25, 0.3) is 0 Å². The molecule has 0 unspecified atom stereocenters. The van der Waals surface area contributed by atoms with Crippen molar-refractivity contribution in [3.63, 3.8) is 0 Å². The van der Waals surface area contributed by atoms with E-state index in [0.717, 1.165) is 0 Å². The third-order valence-corrected chi connectivity index (χ3v) is 0.541. The van der Waals surface area contributed by atoms with Gasteiger partial charge in [0.1, 0.15) is 6.29 Å². The first-order valence-electron chi connectivity index (χ1n) is 2.34. The minimum absolute atomic E-state index is 0. The molecule has 0 spiro atoms. The molecule has 0 aliphatic carbocycles. The van der Waals surface area contributed by atoms with Crippen molar-refractivity contribution in [2.45, 2.75) is 13.3 Å². The summed E-state index contributed by atoms with van der Waals surface area (Å²) in [6.45, 7) is 1.52. The maximum Gasteiger partial charge on any atom is 1.00 e. The molecule has 0 aliphatic heterocycles. The van der Waals surface area contributed by atoms with E-state index in [0.29, 0.717) is 12.7 Å². The van der Waals surface area contributed by atoms with Crippen LogP contribution in [0.4, 0.5) is 0 Å². The fourth-order valence-electron chi connectivity index (χ4n) is 0.251. The van der Waals surface area contributed by atoms with E-state index in [1.54, 1.807) is 0 Å². The number of hydrogen-bond acceptors (Lipinski definition) is 3. The number of aldehydes is 1. The molecule has 0 atom stereocenters. The largest absolute Gasteiger partial charge is 1.00 e. The van der Waals surface area contributed by atoms with Crippen LogP contribution in [0.15, 0.2) is 0 Å². The summed E-state index contributed by atoms with van der Waals surface area (Å²) in [5.41, 5.74) is 0. The fraction of sp³-hybridized carbons (Fsp3) is 0.600. The average Bonchev–Trinajstić information content (AvgIpc) is 1.66. The van der Waals surface area contributed by atoms with Crippen molar-refractivity contribution >= 4 is 12.3 Å². The third kappa shape index (κ3) is 11.6. The summed E-state index contributed by atoms with van der Waals surface area (Å²) in [7, 11) is 0. The van der Waals surface area contributed by atoms with Crippen LogP contribution in [-0.4, -0.2) is 18.9 Å². The first-order valence-corrected chi connectivity index (χ1v) is 2.34. The second-order valence-corrected chi connectivity index (χ2v) is 1.30. The number of carbonyl (C=O) groups excluding carboxylic acids is 2. The van der Waals surface area contributed by atoms with Crippen molar-refractivity contribution in [1.82, 2.24) is 0 Å². The molecule has 3 nitrogen and oxygen atoms in total. The van der Waals surface area contributed by atoms with Crippen LogP contribution in [0.5, 0.6) is 0 Å². The van der Waals surface area contributed by atoms with Gasteiger partial charge in [0.2, 0.25) is 0 Å². The Kier molecular flexibility index (Phi) is 10.7. The molecule has 48 valence electrons. The van der Waals surface area contributed by atoms with Crippen molar-refractivity contribution in [3.05, 3.63) is 0 Å². The second kappa shape index (κ2) is 8.14. The summed E-state index contributed by atoms with van der Waals surface area (Å²) >= 11 is 0. The van der Waals surface area contributed by atoms with E-state index in [4.69, 9.17) is 0 Å². The SMILES string of the molecule is CC(=O)OCCC=O.[H-].[Na+]. The molecule has 4 heteroatoms. The summed E-state index contributed by atoms with van der Waals surface area (Å²) in [5.74, 6) is -0.341. The maximum atomic E-state index is 9.98. The standard InChI is InChI=1S/C5H8O3.Na.H/c1-5(7)8-4-2-3-6;;/h3H,2,4H2,1H3;;/q;+1;-1. The van der Waals surface area contributed by atoms with E-state index in [9.17, 15) is 9.59 Å². The second-order valence-electron chi connectivity index (χ2n) is 1.30. The number of carbonyl (C=O) groups is 2. The molecule has 0 aromatic carbocycles. The Labute approximate surface area is 77.5 Å². The zero-order valence-corrected chi connectivity index (χ0v) is 7.72. The van der Waals surface area contributed by atoms with E-state index in [1.807, 2.05) is 0 Å². The normalized spacial score (nSPS) is 7.22. The third-order valence-electron chi connectivity index (χ3n) is 0.541. The Morgan fingerprint density at radius 3 is 2.67 bits per heavy atom. The van der Waals surface area contributed by atoms with Crippen molar-refractivity contribution in [3.8, 4) is 0 Å². The Morgan fingerprint density at radius 1 is 1.78 bits per heavy atom. The Hall–Kier alpha value is 0.140. The molecule has 0 N–H and O–H groups in total. The molecule has 0 rings (SSSR count). The minimum atomic E-state index is -0.341. The van der Waals surface area contributed by atoms with Gasteiger partial charge in [-0.3, -0.25) is 4.79 Å². The first kappa shape index (κ1) is 11.9. The topological polar surface area (TPSA) is 43.4 Å². The van der Waals surface area contributed by atoms with Gasteiger partial charge in [-0.1, -0.05) is 0 Å². The van der Waals surface area contributed by atoms with Crippen molar-refractivity contribution in [2.24, 2.45) is 0 Å². The van der Waals surface area contributed by atoms with Gasteiger partial charge >= 0.3 is 35.5 Å². The maximum absolute atomic E-state index is 9.98. The van der Waals surface area contributed by atoms with E-state index in [1.165, 1.54) is 6.92 Å². The molecule has 0 fully saturated rings. The van der Waals surface area contributed by atoms with Gasteiger partial charge in [0, 0.05) is 13.3 Å². The van der Waals surface area contributed by atoms with Crippen LogP contribution in [0.3, 0.4) is 0 Å². The van der Waals surface area contributed by atoms with E-state index < -0.39 is 0 Å². The zero-order valence-electron chi connectivity index (χ0n) is 6.72. The zero-order chi connectivity index (χ0) is 6.41. The van der Waals surface area contributed by atoms with Gasteiger partial charge in [-0.15, -0.1) is 0 Å². The molecule has 0 saturated carbocycles. The van der Waals surface area contributed by atoms with Gasteiger partial charge < -0.3 is 11.0 Å². The van der Waals surface area contributed by atoms with Gasteiger partial charge in [0.15, 0.2) is 0 Å². The summed E-state index contributed by atoms with van der Waals surface area (Å²) in [5, 5.41) is 0. The predicted molar refractivity (Wildman–Crippen MR) is 28.4 cm³/mol. The van der Waals surface area contributed by atoms with Gasteiger partial charge in [-0.2, -0.15) is 0 Å². The van der Waals surface area contributed by atoms with Crippen molar-refractivity contribution in [2.75, 3.05) is 6.61 Å². The Balaban J connectivity index is -0.000000245. The molecule has 0 aliphatic rings. The van der Waals surface area contributed by atoms with Crippen molar-refractivity contribution in [1.29, 1.82) is 0 Å². The van der Waals surface area contributed by atoms with Crippen LogP contribution in [0, 0.1) is 0 Å². The molecule has 0 aromatic heterocycles. The summed E-state index contributed by atoms with van der Waals surface area (Å²) < 4.78 is 4.41. The minimum Gasteiger partial charge on any atom is -1.00 e. The Bertz CT molecular complexity index is 96.9. The summed E-state index contributed by atoms with van der Waals surface area (Å²) in [6.07, 6.45) is 1.00. The van der Waals surface area contributed by atoms with Crippen molar-refractivity contribution < 1.29 is 45.3 Å². The van der Waals surface area contributed by atoms with Gasteiger partial charge in [-0.05, 0) is 0 Å². The molecule has 0 bridgehead atoms. The smallest absolute Gasteiger partial charge is 1.00 e. The van der Waals surface area contributed by atoms with Crippen LogP contribution < -0.4 is 29.6 Å². The molecule has 0 radical (unpaired) electrons. The molecular formula is C5H9NaO3. The van der Waals surface area contributed by atoms with Crippen LogP contribution in [-0.2, 0) is 14.3 Å². The van der Waals surface area contributed by atoms with E-state index in [-0.39, 0.29) is 43.6 Å². The molecular weight excluding hydrogens is 131 g/mol. The first-order chi connectivity index (χ1) is 3.77. The van der Waals surface area contributed by atoms with E-state index >= 15 is 0 Å². The molecule has 0 saturated heterocycles. The number of ether oxygens (including phenoxy) is 1. The summed E-state index contributed by atoms with van der Waals surface area (Å²) in [6, 6.07) is 0.